The van der Waals surface area contributed by atoms with Crippen molar-refractivity contribution in [3.63, 3.8) is 0 Å². The quantitative estimate of drug-likeness (QED) is 0.375. The van der Waals surface area contributed by atoms with Crippen LogP contribution in [0.25, 0.3) is 22.0 Å². The number of amides is 2. The number of thiazole rings is 1. The number of aromatic nitrogens is 2. The average Bonchev–Trinajstić information content (AvgIpc) is 3.49. The third kappa shape index (κ3) is 4.43. The van der Waals surface area contributed by atoms with Gasteiger partial charge in [0.05, 0.1) is 18.8 Å². The van der Waals surface area contributed by atoms with E-state index >= 15 is 0 Å². The van der Waals surface area contributed by atoms with Crippen LogP contribution in [0.5, 0.6) is 0 Å². The maximum absolute atomic E-state index is 12.7. The predicted molar refractivity (Wildman–Crippen MR) is 140 cm³/mol. The molecule has 3 N–H and O–H groups in total. The Morgan fingerprint density at radius 1 is 1.19 bits per heavy atom. The van der Waals surface area contributed by atoms with E-state index in [4.69, 9.17) is 0 Å². The molecule has 2 heterocycles. The van der Waals surface area contributed by atoms with Crippen LogP contribution in [0.3, 0.4) is 0 Å². The summed E-state index contributed by atoms with van der Waals surface area (Å²) in [5.74, 6) is -0.740. The molecular weight excluding hydrogens is 476 g/mol. The lowest BCUT2D eigenvalue weighted by Gasteiger charge is -2.22. The van der Waals surface area contributed by atoms with Crippen molar-refractivity contribution < 1.29 is 14.7 Å². The number of anilines is 1. The van der Waals surface area contributed by atoms with Gasteiger partial charge in [0.15, 0.2) is 5.13 Å². The van der Waals surface area contributed by atoms with E-state index in [2.05, 4.69) is 15.6 Å². The van der Waals surface area contributed by atoms with Gasteiger partial charge in [0.25, 0.3) is 11.5 Å². The molecule has 0 bridgehead atoms. The number of hydrogen-bond donors (Lipinski definition) is 3. The summed E-state index contributed by atoms with van der Waals surface area (Å²) < 4.78 is 1.53. The minimum absolute atomic E-state index is 0.0269. The minimum atomic E-state index is -0.391. The Labute approximate surface area is 211 Å². The number of carbonyl (C=O) groups is 2. The van der Waals surface area contributed by atoms with Gasteiger partial charge in [0.1, 0.15) is 0 Å². The first kappa shape index (κ1) is 23.9. The van der Waals surface area contributed by atoms with Crippen LogP contribution < -0.4 is 16.2 Å². The standard InChI is InChI=1S/C27H26N4O4S/c1-27(15-32)9-7-17-4-6-19(12-21(17)27)24(34)28-13-23(33)30-26-29-22(14-36-26)18-5-3-16-8-10-31(2)25(35)20(16)11-18/h3-6,8,10-12,14,32H,7,9,13,15H2,1-2H3,(H,28,34)(H,29,30,33)/t27-/m0/s1. The largest absolute Gasteiger partial charge is 0.395 e. The van der Waals surface area contributed by atoms with E-state index in [1.165, 1.54) is 15.9 Å². The van der Waals surface area contributed by atoms with Crippen molar-refractivity contribution in [3.05, 3.63) is 81.1 Å². The monoisotopic (exact) mass is 502 g/mol. The molecule has 9 heteroatoms. The smallest absolute Gasteiger partial charge is 0.258 e. The summed E-state index contributed by atoms with van der Waals surface area (Å²) in [7, 11) is 1.71. The maximum atomic E-state index is 12.7. The number of carbonyl (C=O) groups excluding carboxylic acids is 2. The highest BCUT2D eigenvalue weighted by molar-refractivity contribution is 7.14. The van der Waals surface area contributed by atoms with Crippen molar-refractivity contribution >= 4 is 39.1 Å². The van der Waals surface area contributed by atoms with Crippen LogP contribution in [0.2, 0.25) is 0 Å². The fourth-order valence-electron chi connectivity index (χ4n) is 4.59. The first-order chi connectivity index (χ1) is 17.3. The summed E-state index contributed by atoms with van der Waals surface area (Å²) >= 11 is 1.27. The number of aliphatic hydroxyl groups is 1. The Balaban J connectivity index is 1.23. The van der Waals surface area contributed by atoms with Crippen LogP contribution in [0.1, 0.15) is 34.8 Å². The summed E-state index contributed by atoms with van der Waals surface area (Å²) in [5.41, 5.74) is 3.60. The number of hydrogen-bond acceptors (Lipinski definition) is 6. The van der Waals surface area contributed by atoms with Crippen molar-refractivity contribution in [2.75, 3.05) is 18.5 Å². The Morgan fingerprint density at radius 2 is 2.03 bits per heavy atom. The van der Waals surface area contributed by atoms with Crippen LogP contribution in [0.4, 0.5) is 5.13 Å². The summed E-state index contributed by atoms with van der Waals surface area (Å²) in [6.45, 7) is 1.82. The maximum Gasteiger partial charge on any atom is 0.258 e. The van der Waals surface area contributed by atoms with E-state index in [9.17, 15) is 19.5 Å². The molecule has 36 heavy (non-hydrogen) atoms. The first-order valence-electron chi connectivity index (χ1n) is 11.6. The third-order valence-corrected chi connectivity index (χ3v) is 7.61. The number of fused-ring (bicyclic) bond motifs is 2. The molecule has 1 aliphatic rings. The van der Waals surface area contributed by atoms with Crippen LogP contribution >= 0.6 is 11.3 Å². The van der Waals surface area contributed by atoms with E-state index in [0.717, 1.165) is 34.9 Å². The van der Waals surface area contributed by atoms with Crippen LogP contribution in [0.15, 0.2) is 58.8 Å². The van der Waals surface area contributed by atoms with E-state index < -0.39 is 5.91 Å². The zero-order chi connectivity index (χ0) is 25.4. The van der Waals surface area contributed by atoms with Crippen molar-refractivity contribution in [2.45, 2.75) is 25.2 Å². The summed E-state index contributed by atoms with van der Waals surface area (Å²) in [6, 6.07) is 12.9. The molecular formula is C27H26N4O4S. The Bertz CT molecular complexity index is 1560. The number of nitrogens with one attached hydrogen (secondary N) is 2. The number of nitrogens with zero attached hydrogens (tertiary/aromatic N) is 2. The molecule has 0 spiro atoms. The highest BCUT2D eigenvalue weighted by Gasteiger charge is 2.34. The van der Waals surface area contributed by atoms with Crippen LogP contribution in [-0.2, 0) is 23.7 Å². The normalized spacial score (nSPS) is 16.6. The molecule has 184 valence electrons. The molecule has 2 aromatic heterocycles. The fourth-order valence-corrected chi connectivity index (χ4v) is 5.33. The van der Waals surface area contributed by atoms with Crippen molar-refractivity contribution in [3.8, 4) is 11.3 Å². The molecule has 5 rings (SSSR count). The Hall–Kier alpha value is -3.82. The lowest BCUT2D eigenvalue weighted by Crippen LogP contribution is -2.33. The molecule has 0 aliphatic heterocycles. The third-order valence-electron chi connectivity index (χ3n) is 6.85. The van der Waals surface area contributed by atoms with Gasteiger partial charge in [-0.25, -0.2) is 4.98 Å². The Kier molecular flexibility index (Phi) is 6.19. The van der Waals surface area contributed by atoms with Gasteiger partial charge in [0.2, 0.25) is 5.91 Å². The average molecular weight is 503 g/mol. The zero-order valence-corrected chi connectivity index (χ0v) is 20.8. The van der Waals surface area contributed by atoms with Gasteiger partial charge in [-0.1, -0.05) is 25.1 Å². The molecule has 0 saturated carbocycles. The molecule has 2 aromatic carbocycles. The topological polar surface area (TPSA) is 113 Å². The molecule has 1 atom stereocenters. The van der Waals surface area contributed by atoms with Gasteiger partial charge in [-0.2, -0.15) is 0 Å². The number of benzene rings is 2. The molecule has 4 aromatic rings. The molecule has 8 nitrogen and oxygen atoms in total. The Morgan fingerprint density at radius 3 is 2.83 bits per heavy atom. The van der Waals surface area contributed by atoms with Gasteiger partial charge in [-0.05, 0) is 53.6 Å². The SMILES string of the molecule is Cn1ccc2ccc(-c3csc(NC(=O)CNC(=O)c4ccc5c(c4)[C@](C)(CO)CC5)n3)cc2c1=O. The lowest BCUT2D eigenvalue weighted by atomic mass is 9.84. The van der Waals surface area contributed by atoms with Crippen molar-refractivity contribution in [1.82, 2.24) is 14.9 Å². The number of rotatable bonds is 6. The van der Waals surface area contributed by atoms with Gasteiger partial charge in [-0.15, -0.1) is 11.3 Å². The van der Waals surface area contributed by atoms with E-state index in [1.54, 1.807) is 25.4 Å². The molecule has 1 aliphatic carbocycles. The molecule has 0 saturated heterocycles. The van der Waals surface area contributed by atoms with Gasteiger partial charge >= 0.3 is 0 Å². The number of pyridine rings is 1. The van der Waals surface area contributed by atoms with E-state index in [-0.39, 0.29) is 30.0 Å². The van der Waals surface area contributed by atoms with Crippen molar-refractivity contribution in [1.29, 1.82) is 0 Å². The predicted octanol–water partition coefficient (Wildman–Crippen LogP) is 3.23. The molecule has 0 radical (unpaired) electrons. The van der Waals surface area contributed by atoms with E-state index in [1.807, 2.05) is 42.6 Å². The summed E-state index contributed by atoms with van der Waals surface area (Å²) in [5, 5.41) is 18.8. The summed E-state index contributed by atoms with van der Waals surface area (Å²) in [4.78, 5) is 42.0. The summed E-state index contributed by atoms with van der Waals surface area (Å²) in [6.07, 6.45) is 3.45. The second-order valence-electron chi connectivity index (χ2n) is 9.39. The van der Waals surface area contributed by atoms with Gasteiger partial charge < -0.3 is 20.3 Å². The van der Waals surface area contributed by atoms with Crippen molar-refractivity contribution in [2.24, 2.45) is 7.05 Å². The lowest BCUT2D eigenvalue weighted by molar-refractivity contribution is -0.115. The fraction of sp³-hybridized carbons (Fsp3) is 0.259. The van der Waals surface area contributed by atoms with Crippen LogP contribution in [0, 0.1) is 0 Å². The second kappa shape index (κ2) is 9.33. The number of aliphatic hydroxyl groups excluding tert-OH is 1. The van der Waals surface area contributed by atoms with Gasteiger partial charge in [-0.3, -0.25) is 14.4 Å². The highest BCUT2D eigenvalue weighted by Crippen LogP contribution is 2.38. The minimum Gasteiger partial charge on any atom is -0.395 e. The number of aryl methyl sites for hydroxylation is 2. The second-order valence-corrected chi connectivity index (χ2v) is 10.3. The molecule has 0 fully saturated rings. The van der Waals surface area contributed by atoms with Gasteiger partial charge in [0, 0.05) is 40.6 Å². The first-order valence-corrected chi connectivity index (χ1v) is 12.5. The molecule has 2 amide bonds. The highest BCUT2D eigenvalue weighted by atomic mass is 32.1. The van der Waals surface area contributed by atoms with Crippen LogP contribution in [-0.4, -0.2) is 39.6 Å². The zero-order valence-electron chi connectivity index (χ0n) is 20.0. The molecule has 0 unspecified atom stereocenters. The van der Waals surface area contributed by atoms with E-state index in [0.29, 0.717) is 21.8 Å².